The number of pyridine rings is 1. The van der Waals surface area contributed by atoms with Crippen LogP contribution in [0.1, 0.15) is 36.5 Å². The second-order valence-corrected chi connectivity index (χ2v) is 7.37. The van der Waals surface area contributed by atoms with Crippen LogP contribution in [0, 0.1) is 0 Å². The Bertz CT molecular complexity index is 850. The molecule has 1 aromatic carbocycles. The molecule has 4 nitrogen and oxygen atoms in total. The van der Waals surface area contributed by atoms with Gasteiger partial charge in [0.15, 0.2) is 0 Å². The van der Waals surface area contributed by atoms with Crippen LogP contribution in [-0.2, 0) is 11.0 Å². The van der Waals surface area contributed by atoms with Crippen molar-refractivity contribution < 1.29 is 18.0 Å². The number of hydrogen-bond donors (Lipinski definition) is 0. The number of halogens is 3. The molecule has 0 atom stereocenters. The van der Waals surface area contributed by atoms with Crippen LogP contribution in [0.2, 0.25) is 0 Å². The Kier molecular flexibility index (Phi) is 6.25. The summed E-state index contributed by atoms with van der Waals surface area (Å²) < 4.78 is 37.9. The summed E-state index contributed by atoms with van der Waals surface area (Å²) >= 11 is 0. The molecule has 1 aliphatic rings. The van der Waals surface area contributed by atoms with E-state index < -0.39 is 11.7 Å². The standard InChI is InChI=1S/C22H24F3N3O/c1-16(2)18-6-3-17(4-7-18)5-10-21(29)28-13-11-27(12-14-28)20-9-8-19(15-26-20)22(23,24)25/h3-10,15-16H,11-14H2,1-2H3. The number of piperazine rings is 1. The van der Waals surface area contributed by atoms with Gasteiger partial charge in [0.25, 0.3) is 0 Å². The van der Waals surface area contributed by atoms with Gasteiger partial charge in [0, 0.05) is 38.5 Å². The third-order valence-electron chi connectivity index (χ3n) is 5.01. The average Bonchev–Trinajstić information content (AvgIpc) is 2.72. The van der Waals surface area contributed by atoms with Gasteiger partial charge in [-0.3, -0.25) is 4.79 Å². The second-order valence-electron chi connectivity index (χ2n) is 7.37. The van der Waals surface area contributed by atoms with Crippen LogP contribution in [0.25, 0.3) is 6.08 Å². The lowest BCUT2D eigenvalue weighted by molar-refractivity contribution is -0.137. The van der Waals surface area contributed by atoms with E-state index in [1.807, 2.05) is 17.0 Å². The predicted molar refractivity (Wildman–Crippen MR) is 108 cm³/mol. The Balaban J connectivity index is 1.54. The summed E-state index contributed by atoms with van der Waals surface area (Å²) in [7, 11) is 0. The van der Waals surface area contributed by atoms with Crippen molar-refractivity contribution in [2.24, 2.45) is 0 Å². The number of nitrogens with zero attached hydrogens (tertiary/aromatic N) is 3. The molecule has 0 saturated carbocycles. The van der Waals surface area contributed by atoms with Crippen molar-refractivity contribution in [3.05, 3.63) is 65.4 Å². The lowest BCUT2D eigenvalue weighted by Gasteiger charge is -2.35. The van der Waals surface area contributed by atoms with Crippen molar-refractivity contribution in [3.8, 4) is 0 Å². The summed E-state index contributed by atoms with van der Waals surface area (Å²) in [5.74, 6) is 0.883. The van der Waals surface area contributed by atoms with Crippen LogP contribution in [0.5, 0.6) is 0 Å². The van der Waals surface area contributed by atoms with Gasteiger partial charge in [-0.05, 0) is 35.3 Å². The largest absolute Gasteiger partial charge is 0.417 e. The van der Waals surface area contributed by atoms with Gasteiger partial charge in [-0.2, -0.15) is 13.2 Å². The number of rotatable bonds is 4. The fourth-order valence-electron chi connectivity index (χ4n) is 3.16. The summed E-state index contributed by atoms with van der Waals surface area (Å²) in [5.41, 5.74) is 1.46. The molecule has 1 aromatic heterocycles. The molecule has 0 aliphatic carbocycles. The molecule has 0 radical (unpaired) electrons. The number of amides is 1. The molecule has 1 aliphatic heterocycles. The van der Waals surface area contributed by atoms with E-state index in [0.29, 0.717) is 37.9 Å². The van der Waals surface area contributed by atoms with Gasteiger partial charge in [0.05, 0.1) is 5.56 Å². The third-order valence-corrected chi connectivity index (χ3v) is 5.01. The summed E-state index contributed by atoms with van der Waals surface area (Å²) in [6.45, 7) is 6.32. The molecular weight excluding hydrogens is 379 g/mol. The maximum Gasteiger partial charge on any atom is 0.417 e. The zero-order valence-electron chi connectivity index (χ0n) is 16.5. The maximum absolute atomic E-state index is 12.6. The van der Waals surface area contributed by atoms with Crippen molar-refractivity contribution in [1.29, 1.82) is 0 Å². The minimum atomic E-state index is -4.39. The number of hydrogen-bond acceptors (Lipinski definition) is 3. The average molecular weight is 403 g/mol. The molecule has 2 aromatic rings. The maximum atomic E-state index is 12.6. The monoisotopic (exact) mass is 403 g/mol. The van der Waals surface area contributed by atoms with E-state index in [1.165, 1.54) is 11.6 Å². The minimum absolute atomic E-state index is 0.0713. The number of benzene rings is 1. The smallest absolute Gasteiger partial charge is 0.353 e. The van der Waals surface area contributed by atoms with E-state index in [2.05, 4.69) is 31.0 Å². The molecule has 0 N–H and O–H groups in total. The number of carbonyl (C=O) groups excluding carboxylic acids is 1. The zero-order chi connectivity index (χ0) is 21.0. The van der Waals surface area contributed by atoms with Crippen LogP contribution >= 0.6 is 0 Å². The topological polar surface area (TPSA) is 36.4 Å². The molecule has 0 bridgehead atoms. The van der Waals surface area contributed by atoms with Gasteiger partial charge < -0.3 is 9.80 Å². The van der Waals surface area contributed by atoms with Crippen LogP contribution < -0.4 is 4.90 Å². The minimum Gasteiger partial charge on any atom is -0.353 e. The second kappa shape index (κ2) is 8.68. The summed E-state index contributed by atoms with van der Waals surface area (Å²) in [4.78, 5) is 20.0. The Morgan fingerprint density at radius 1 is 1.03 bits per heavy atom. The van der Waals surface area contributed by atoms with E-state index in [4.69, 9.17) is 0 Å². The van der Waals surface area contributed by atoms with E-state index >= 15 is 0 Å². The fourth-order valence-corrected chi connectivity index (χ4v) is 3.16. The number of alkyl halides is 3. The molecule has 154 valence electrons. The fraction of sp³-hybridized carbons (Fsp3) is 0.364. The molecule has 0 spiro atoms. The van der Waals surface area contributed by atoms with Crippen LogP contribution in [0.15, 0.2) is 48.7 Å². The molecule has 3 rings (SSSR count). The van der Waals surface area contributed by atoms with Gasteiger partial charge in [0.2, 0.25) is 5.91 Å². The van der Waals surface area contributed by atoms with Gasteiger partial charge in [-0.1, -0.05) is 38.1 Å². The highest BCUT2D eigenvalue weighted by Gasteiger charge is 2.31. The number of carbonyl (C=O) groups is 1. The Labute approximate surface area is 168 Å². The van der Waals surface area contributed by atoms with E-state index in [-0.39, 0.29) is 5.91 Å². The highest BCUT2D eigenvalue weighted by molar-refractivity contribution is 5.92. The number of aromatic nitrogens is 1. The molecule has 7 heteroatoms. The van der Waals surface area contributed by atoms with Gasteiger partial charge in [-0.25, -0.2) is 4.98 Å². The van der Waals surface area contributed by atoms with Crippen LogP contribution in [-0.4, -0.2) is 42.0 Å². The van der Waals surface area contributed by atoms with Crippen molar-refractivity contribution in [2.75, 3.05) is 31.1 Å². The highest BCUT2D eigenvalue weighted by Crippen LogP contribution is 2.29. The first kappa shape index (κ1) is 20.9. The molecular formula is C22H24F3N3O. The van der Waals surface area contributed by atoms with Gasteiger partial charge in [0.1, 0.15) is 5.82 Å². The summed E-state index contributed by atoms with van der Waals surface area (Å²) in [6.07, 6.45) is -0.176. The van der Waals surface area contributed by atoms with E-state index in [9.17, 15) is 18.0 Å². The summed E-state index contributed by atoms with van der Waals surface area (Å²) in [6, 6.07) is 10.5. The van der Waals surface area contributed by atoms with Crippen molar-refractivity contribution >= 4 is 17.8 Å². The zero-order valence-corrected chi connectivity index (χ0v) is 16.5. The van der Waals surface area contributed by atoms with Gasteiger partial charge >= 0.3 is 6.18 Å². The molecule has 0 unspecified atom stereocenters. The highest BCUT2D eigenvalue weighted by atomic mass is 19.4. The third kappa shape index (κ3) is 5.37. The Morgan fingerprint density at radius 3 is 2.21 bits per heavy atom. The van der Waals surface area contributed by atoms with Crippen molar-refractivity contribution in [2.45, 2.75) is 25.9 Å². The normalized spacial score (nSPS) is 15.4. The molecule has 1 amide bonds. The lowest BCUT2D eigenvalue weighted by atomic mass is 10.0. The first-order chi connectivity index (χ1) is 13.7. The van der Waals surface area contributed by atoms with Crippen molar-refractivity contribution in [3.63, 3.8) is 0 Å². The number of anilines is 1. The Hall–Kier alpha value is -2.83. The predicted octanol–water partition coefficient (Wildman–Crippen LogP) is 4.59. The Morgan fingerprint density at radius 2 is 1.69 bits per heavy atom. The van der Waals surface area contributed by atoms with Crippen molar-refractivity contribution in [1.82, 2.24) is 9.88 Å². The quantitative estimate of drug-likeness (QED) is 0.701. The molecule has 2 heterocycles. The molecule has 1 saturated heterocycles. The van der Waals surface area contributed by atoms with Crippen LogP contribution in [0.3, 0.4) is 0 Å². The first-order valence-corrected chi connectivity index (χ1v) is 9.59. The molecule has 29 heavy (non-hydrogen) atoms. The van der Waals surface area contributed by atoms with Gasteiger partial charge in [-0.15, -0.1) is 0 Å². The van der Waals surface area contributed by atoms with E-state index in [0.717, 1.165) is 17.8 Å². The first-order valence-electron chi connectivity index (χ1n) is 9.59. The van der Waals surface area contributed by atoms with E-state index in [1.54, 1.807) is 17.1 Å². The van der Waals surface area contributed by atoms with Crippen LogP contribution in [0.4, 0.5) is 19.0 Å². The summed E-state index contributed by atoms with van der Waals surface area (Å²) in [5, 5.41) is 0. The SMILES string of the molecule is CC(C)c1ccc(C=CC(=O)N2CCN(c3ccc(C(F)(F)F)cn3)CC2)cc1. The molecule has 1 fully saturated rings. The lowest BCUT2D eigenvalue weighted by Crippen LogP contribution is -2.48.